The molecule has 0 atom stereocenters. The van der Waals surface area contributed by atoms with E-state index in [2.05, 4.69) is 5.43 Å². The molecule has 0 unspecified atom stereocenters. The van der Waals surface area contributed by atoms with Crippen LogP contribution in [0.5, 0.6) is 0 Å². The van der Waals surface area contributed by atoms with E-state index in [9.17, 15) is 9.59 Å². The lowest BCUT2D eigenvalue weighted by molar-refractivity contribution is -0.126. The van der Waals surface area contributed by atoms with Crippen molar-refractivity contribution < 1.29 is 4.79 Å². The molecule has 2 heterocycles. The van der Waals surface area contributed by atoms with Gasteiger partial charge in [-0.3, -0.25) is 19.6 Å². The summed E-state index contributed by atoms with van der Waals surface area (Å²) < 4.78 is 2.46. The fourth-order valence-corrected chi connectivity index (χ4v) is 3.42. The van der Waals surface area contributed by atoms with E-state index in [0.29, 0.717) is 0 Å². The third-order valence-electron chi connectivity index (χ3n) is 3.51. The highest BCUT2D eigenvalue weighted by Crippen LogP contribution is 2.16. The standard InChI is InChI=1S/C14H17N3O2S/c18-13(15-16-8-4-1-5-9-16)10-17-11-6-2-3-7-12(11)20-14(17)19/h2-3,6-7H,1,4-5,8-10H2,(H,15,18). The van der Waals surface area contributed by atoms with Gasteiger partial charge in [0.15, 0.2) is 0 Å². The Balaban J connectivity index is 1.74. The van der Waals surface area contributed by atoms with Crippen LogP contribution in [-0.2, 0) is 11.3 Å². The molecule has 0 saturated carbocycles. The second-order valence-electron chi connectivity index (χ2n) is 5.00. The first kappa shape index (κ1) is 13.3. The Labute approximate surface area is 120 Å². The fourth-order valence-electron chi connectivity index (χ4n) is 2.52. The van der Waals surface area contributed by atoms with Gasteiger partial charge in [0, 0.05) is 13.1 Å². The molecule has 20 heavy (non-hydrogen) atoms. The summed E-state index contributed by atoms with van der Waals surface area (Å²) in [5.74, 6) is -0.127. The molecule has 5 nitrogen and oxygen atoms in total. The second-order valence-corrected chi connectivity index (χ2v) is 6.00. The number of hydrazine groups is 1. The Morgan fingerprint density at radius 3 is 2.75 bits per heavy atom. The molecule has 0 bridgehead atoms. The summed E-state index contributed by atoms with van der Waals surface area (Å²) in [4.78, 5) is 23.9. The van der Waals surface area contributed by atoms with Gasteiger partial charge in [-0.05, 0) is 25.0 Å². The largest absolute Gasteiger partial charge is 0.308 e. The van der Waals surface area contributed by atoms with Crippen LogP contribution in [0.3, 0.4) is 0 Å². The lowest BCUT2D eigenvalue weighted by Crippen LogP contribution is -2.46. The van der Waals surface area contributed by atoms with Crippen molar-refractivity contribution in [2.24, 2.45) is 0 Å². The maximum atomic E-state index is 12.1. The number of fused-ring (bicyclic) bond motifs is 1. The van der Waals surface area contributed by atoms with E-state index in [0.717, 1.165) is 36.1 Å². The Hall–Kier alpha value is -1.66. The number of para-hydroxylation sites is 1. The number of benzene rings is 1. The Morgan fingerprint density at radius 1 is 1.20 bits per heavy atom. The van der Waals surface area contributed by atoms with Gasteiger partial charge in [-0.25, -0.2) is 5.01 Å². The first-order valence-electron chi connectivity index (χ1n) is 6.87. The molecule has 6 heteroatoms. The number of amides is 1. The quantitative estimate of drug-likeness (QED) is 0.934. The van der Waals surface area contributed by atoms with Crippen molar-refractivity contribution in [1.29, 1.82) is 0 Å². The molecule has 1 amide bonds. The summed E-state index contributed by atoms with van der Waals surface area (Å²) in [5, 5.41) is 1.95. The Kier molecular flexibility index (Phi) is 3.84. The molecule has 1 aliphatic heterocycles. The van der Waals surface area contributed by atoms with Crippen LogP contribution in [0, 0.1) is 0 Å². The minimum atomic E-state index is -0.127. The summed E-state index contributed by atoms with van der Waals surface area (Å²) in [5.41, 5.74) is 3.72. The van der Waals surface area contributed by atoms with E-state index in [1.54, 1.807) is 4.57 Å². The second kappa shape index (κ2) is 5.76. The molecule has 106 valence electrons. The number of piperidine rings is 1. The summed E-state index contributed by atoms with van der Waals surface area (Å²) >= 11 is 1.18. The van der Waals surface area contributed by atoms with Gasteiger partial charge in [-0.15, -0.1) is 0 Å². The van der Waals surface area contributed by atoms with Crippen LogP contribution in [0.15, 0.2) is 29.1 Å². The molecule has 3 rings (SSSR count). The smallest absolute Gasteiger partial charge is 0.289 e. The molecule has 1 aromatic heterocycles. The number of nitrogens with zero attached hydrogens (tertiary/aromatic N) is 2. The number of carbonyl (C=O) groups is 1. The molecule has 1 aliphatic rings. The number of aromatic nitrogens is 1. The van der Waals surface area contributed by atoms with Crippen molar-refractivity contribution in [3.8, 4) is 0 Å². The zero-order valence-electron chi connectivity index (χ0n) is 11.2. The maximum absolute atomic E-state index is 12.1. The van der Waals surface area contributed by atoms with E-state index in [-0.39, 0.29) is 17.3 Å². The molecule has 1 N–H and O–H groups in total. The van der Waals surface area contributed by atoms with Gasteiger partial charge in [0.05, 0.1) is 10.2 Å². The van der Waals surface area contributed by atoms with Gasteiger partial charge in [0.1, 0.15) is 6.54 Å². The normalized spacial score (nSPS) is 16.4. The topological polar surface area (TPSA) is 54.3 Å². The highest BCUT2D eigenvalue weighted by molar-refractivity contribution is 7.16. The van der Waals surface area contributed by atoms with Crippen LogP contribution >= 0.6 is 11.3 Å². The SMILES string of the molecule is O=C(Cn1c(=O)sc2ccccc21)NN1CCCCC1. The number of thiazole rings is 1. The summed E-state index contributed by atoms with van der Waals surface area (Å²) in [7, 11) is 0. The molecular formula is C14H17N3O2S. The van der Waals surface area contributed by atoms with Crippen molar-refractivity contribution >= 4 is 27.5 Å². The molecule has 0 spiro atoms. The zero-order chi connectivity index (χ0) is 13.9. The Morgan fingerprint density at radius 2 is 1.95 bits per heavy atom. The lowest BCUT2D eigenvalue weighted by Gasteiger charge is -2.26. The van der Waals surface area contributed by atoms with E-state index in [1.807, 2.05) is 29.3 Å². The average molecular weight is 291 g/mol. The molecule has 1 aromatic carbocycles. The van der Waals surface area contributed by atoms with Gasteiger partial charge in [-0.1, -0.05) is 29.9 Å². The molecular weight excluding hydrogens is 274 g/mol. The summed E-state index contributed by atoms with van der Waals surface area (Å²) in [6.45, 7) is 1.87. The van der Waals surface area contributed by atoms with Crippen LogP contribution in [-0.4, -0.2) is 28.6 Å². The first-order valence-corrected chi connectivity index (χ1v) is 7.68. The van der Waals surface area contributed by atoms with Crippen molar-refractivity contribution in [3.05, 3.63) is 33.9 Å². The van der Waals surface area contributed by atoms with Crippen LogP contribution < -0.4 is 10.3 Å². The fraction of sp³-hybridized carbons (Fsp3) is 0.429. The number of hydrogen-bond donors (Lipinski definition) is 1. The van der Waals surface area contributed by atoms with E-state index < -0.39 is 0 Å². The summed E-state index contributed by atoms with van der Waals surface area (Å²) in [6, 6.07) is 7.56. The van der Waals surface area contributed by atoms with Gasteiger partial charge < -0.3 is 0 Å². The molecule has 0 radical (unpaired) electrons. The van der Waals surface area contributed by atoms with Gasteiger partial charge >= 0.3 is 4.87 Å². The minimum absolute atomic E-state index is 0.0827. The number of nitrogens with one attached hydrogen (secondary N) is 1. The number of hydrogen-bond acceptors (Lipinski definition) is 4. The minimum Gasteiger partial charge on any atom is -0.289 e. The third kappa shape index (κ3) is 2.76. The number of carbonyl (C=O) groups excluding carboxylic acids is 1. The van der Waals surface area contributed by atoms with Crippen molar-refractivity contribution in [2.45, 2.75) is 25.8 Å². The van der Waals surface area contributed by atoms with Crippen LogP contribution in [0.2, 0.25) is 0 Å². The molecule has 1 saturated heterocycles. The Bertz CT molecular complexity index is 670. The van der Waals surface area contributed by atoms with Crippen LogP contribution in [0.25, 0.3) is 10.2 Å². The monoisotopic (exact) mass is 291 g/mol. The third-order valence-corrected chi connectivity index (χ3v) is 4.47. The van der Waals surface area contributed by atoms with Gasteiger partial charge in [0.2, 0.25) is 0 Å². The van der Waals surface area contributed by atoms with Gasteiger partial charge in [-0.2, -0.15) is 0 Å². The number of rotatable bonds is 3. The predicted molar refractivity (Wildman–Crippen MR) is 79.7 cm³/mol. The van der Waals surface area contributed by atoms with Crippen molar-refractivity contribution in [1.82, 2.24) is 15.0 Å². The van der Waals surface area contributed by atoms with Gasteiger partial charge in [0.25, 0.3) is 5.91 Å². The highest BCUT2D eigenvalue weighted by atomic mass is 32.1. The summed E-state index contributed by atoms with van der Waals surface area (Å²) in [6.07, 6.45) is 3.45. The first-order chi connectivity index (χ1) is 9.74. The highest BCUT2D eigenvalue weighted by Gasteiger charge is 2.15. The van der Waals surface area contributed by atoms with E-state index >= 15 is 0 Å². The van der Waals surface area contributed by atoms with E-state index in [4.69, 9.17) is 0 Å². The molecule has 2 aromatic rings. The molecule has 0 aliphatic carbocycles. The lowest BCUT2D eigenvalue weighted by atomic mass is 10.2. The van der Waals surface area contributed by atoms with Crippen LogP contribution in [0.1, 0.15) is 19.3 Å². The van der Waals surface area contributed by atoms with Crippen molar-refractivity contribution in [2.75, 3.05) is 13.1 Å². The van der Waals surface area contributed by atoms with Crippen molar-refractivity contribution in [3.63, 3.8) is 0 Å². The predicted octanol–water partition coefficient (Wildman–Crippen LogP) is 1.58. The van der Waals surface area contributed by atoms with Crippen LogP contribution in [0.4, 0.5) is 0 Å². The maximum Gasteiger partial charge on any atom is 0.308 e. The zero-order valence-corrected chi connectivity index (χ0v) is 12.0. The van der Waals surface area contributed by atoms with E-state index in [1.165, 1.54) is 17.8 Å². The molecule has 1 fully saturated rings. The average Bonchev–Trinajstić information content (AvgIpc) is 2.76.